The largest absolute Gasteiger partial charge is 0.444 e. The van der Waals surface area contributed by atoms with Crippen molar-refractivity contribution in [2.24, 2.45) is 5.92 Å². The van der Waals surface area contributed by atoms with Gasteiger partial charge in [-0.15, -0.1) is 0 Å². The molecule has 1 atom stereocenters. The topological polar surface area (TPSA) is 50.4 Å². The lowest BCUT2D eigenvalue weighted by molar-refractivity contribution is 0.0503. The first-order chi connectivity index (χ1) is 9.60. The van der Waals surface area contributed by atoms with Gasteiger partial charge in [-0.25, -0.2) is 4.79 Å². The Morgan fingerprint density at radius 1 is 1.10 bits per heavy atom. The number of hydrogen-bond donors (Lipinski definition) is 2. The molecular weight excluding hydrogens is 264 g/mol. The molecule has 1 unspecified atom stereocenters. The summed E-state index contributed by atoms with van der Waals surface area (Å²) in [4.78, 5) is 11.8. The molecule has 0 saturated carbocycles. The smallest absolute Gasteiger partial charge is 0.407 e. The van der Waals surface area contributed by atoms with Crippen LogP contribution in [0, 0.1) is 5.92 Å². The van der Waals surface area contributed by atoms with Crippen LogP contribution in [0.2, 0.25) is 0 Å². The van der Waals surface area contributed by atoms with Crippen LogP contribution in [0.15, 0.2) is 0 Å². The Balaban J connectivity index is 4.24. The van der Waals surface area contributed by atoms with Gasteiger partial charge in [-0.3, -0.25) is 0 Å². The first kappa shape index (κ1) is 20.2. The molecular formula is C17H36N2O2. The van der Waals surface area contributed by atoms with Gasteiger partial charge in [-0.05, 0) is 46.6 Å². The van der Waals surface area contributed by atoms with Gasteiger partial charge in [0.1, 0.15) is 5.60 Å². The molecule has 0 bridgehead atoms. The number of unbranched alkanes of at least 4 members (excludes halogenated alkanes) is 3. The van der Waals surface area contributed by atoms with Crippen molar-refractivity contribution in [1.82, 2.24) is 10.6 Å². The van der Waals surface area contributed by atoms with Gasteiger partial charge < -0.3 is 15.4 Å². The van der Waals surface area contributed by atoms with Gasteiger partial charge in [-0.2, -0.15) is 0 Å². The summed E-state index contributed by atoms with van der Waals surface area (Å²) in [5.41, 5.74) is -0.561. The highest BCUT2D eigenvalue weighted by Crippen LogP contribution is 2.16. The fourth-order valence-corrected chi connectivity index (χ4v) is 1.97. The quantitative estimate of drug-likeness (QED) is 0.630. The van der Waals surface area contributed by atoms with E-state index in [0.717, 1.165) is 6.54 Å². The second-order valence-electron chi connectivity index (χ2n) is 7.42. The highest BCUT2D eigenvalue weighted by atomic mass is 16.6. The van der Waals surface area contributed by atoms with Gasteiger partial charge >= 0.3 is 6.09 Å². The van der Waals surface area contributed by atoms with E-state index in [2.05, 4.69) is 38.3 Å². The van der Waals surface area contributed by atoms with Crippen LogP contribution in [0.3, 0.4) is 0 Å². The van der Waals surface area contributed by atoms with Crippen LogP contribution in [0.25, 0.3) is 0 Å². The molecule has 126 valence electrons. The minimum absolute atomic E-state index is 0.108. The van der Waals surface area contributed by atoms with Crippen molar-refractivity contribution in [3.63, 3.8) is 0 Å². The molecule has 1 amide bonds. The highest BCUT2D eigenvalue weighted by molar-refractivity contribution is 5.67. The summed E-state index contributed by atoms with van der Waals surface area (Å²) in [7, 11) is 0. The van der Waals surface area contributed by atoms with Crippen LogP contribution in [-0.2, 0) is 4.74 Å². The van der Waals surface area contributed by atoms with Crippen molar-refractivity contribution < 1.29 is 9.53 Å². The third-order valence-corrected chi connectivity index (χ3v) is 3.83. The van der Waals surface area contributed by atoms with Gasteiger partial charge in [0.15, 0.2) is 0 Å². The Labute approximate surface area is 131 Å². The number of amides is 1. The zero-order valence-electron chi connectivity index (χ0n) is 15.1. The number of nitrogens with one attached hydrogen (secondary N) is 2. The van der Waals surface area contributed by atoms with Gasteiger partial charge in [0.05, 0.1) is 0 Å². The van der Waals surface area contributed by atoms with E-state index in [4.69, 9.17) is 4.74 Å². The molecule has 0 spiro atoms. The Hall–Kier alpha value is -0.770. The number of hydrogen-bond acceptors (Lipinski definition) is 3. The van der Waals surface area contributed by atoms with Gasteiger partial charge in [0.25, 0.3) is 0 Å². The second kappa shape index (κ2) is 9.29. The summed E-state index contributed by atoms with van der Waals surface area (Å²) in [6.45, 7) is 15.9. The van der Waals surface area contributed by atoms with Crippen LogP contribution in [0.5, 0.6) is 0 Å². The summed E-state index contributed by atoms with van der Waals surface area (Å²) in [5.74, 6) is 0.429. The number of ether oxygens (including phenoxy) is 1. The van der Waals surface area contributed by atoms with E-state index in [-0.39, 0.29) is 11.6 Å². The molecule has 0 aromatic heterocycles. The summed E-state index contributed by atoms with van der Waals surface area (Å²) in [5, 5.41) is 6.49. The van der Waals surface area contributed by atoms with E-state index in [0.29, 0.717) is 12.5 Å². The van der Waals surface area contributed by atoms with Gasteiger partial charge in [0, 0.05) is 12.1 Å². The molecule has 0 fully saturated rings. The first-order valence-electron chi connectivity index (χ1n) is 8.32. The van der Waals surface area contributed by atoms with Crippen LogP contribution in [0.1, 0.15) is 74.1 Å². The van der Waals surface area contributed by atoms with Crippen molar-refractivity contribution in [2.45, 2.75) is 85.3 Å². The van der Waals surface area contributed by atoms with Gasteiger partial charge in [-0.1, -0.05) is 40.0 Å². The summed E-state index contributed by atoms with van der Waals surface area (Å²) >= 11 is 0. The number of carbonyl (C=O) groups excluding carboxylic acids is 1. The zero-order valence-corrected chi connectivity index (χ0v) is 15.1. The van der Waals surface area contributed by atoms with Crippen molar-refractivity contribution >= 4 is 6.09 Å². The van der Waals surface area contributed by atoms with Gasteiger partial charge in [0.2, 0.25) is 0 Å². The summed E-state index contributed by atoms with van der Waals surface area (Å²) < 4.78 is 5.29. The van der Waals surface area contributed by atoms with E-state index in [1.54, 1.807) is 0 Å². The van der Waals surface area contributed by atoms with Crippen LogP contribution >= 0.6 is 0 Å². The Kier molecular flexibility index (Phi) is 8.95. The molecule has 0 aliphatic heterocycles. The lowest BCUT2D eigenvalue weighted by Gasteiger charge is -2.35. The monoisotopic (exact) mass is 300 g/mol. The van der Waals surface area contributed by atoms with E-state index in [9.17, 15) is 4.79 Å². The molecule has 0 saturated heterocycles. The predicted molar refractivity (Wildman–Crippen MR) is 89.6 cm³/mol. The van der Waals surface area contributed by atoms with E-state index >= 15 is 0 Å². The number of carbonyl (C=O) groups is 1. The maximum atomic E-state index is 11.8. The van der Waals surface area contributed by atoms with E-state index in [1.165, 1.54) is 25.7 Å². The minimum Gasteiger partial charge on any atom is -0.444 e. The van der Waals surface area contributed by atoms with Crippen LogP contribution < -0.4 is 10.6 Å². The normalized spacial score (nSPS) is 14.9. The minimum atomic E-state index is -0.452. The molecule has 4 nitrogen and oxygen atoms in total. The fraction of sp³-hybridized carbons (Fsp3) is 0.941. The zero-order chi connectivity index (χ0) is 16.5. The molecule has 2 N–H and O–H groups in total. The molecule has 0 rings (SSSR count). The number of alkyl carbamates (subject to hydrolysis) is 1. The summed E-state index contributed by atoms with van der Waals surface area (Å²) in [6.07, 6.45) is 4.64. The van der Waals surface area contributed by atoms with Crippen molar-refractivity contribution in [1.29, 1.82) is 0 Å². The average molecular weight is 300 g/mol. The molecule has 4 heteroatoms. The van der Waals surface area contributed by atoms with Crippen molar-refractivity contribution in [3.8, 4) is 0 Å². The van der Waals surface area contributed by atoms with E-state index < -0.39 is 5.60 Å². The maximum absolute atomic E-state index is 11.8. The average Bonchev–Trinajstić information content (AvgIpc) is 2.34. The molecule has 0 aromatic carbocycles. The van der Waals surface area contributed by atoms with Crippen molar-refractivity contribution in [2.75, 3.05) is 13.1 Å². The lowest BCUT2D eigenvalue weighted by Crippen LogP contribution is -2.55. The maximum Gasteiger partial charge on any atom is 0.407 e. The second-order valence-corrected chi connectivity index (χ2v) is 7.42. The van der Waals surface area contributed by atoms with Crippen molar-refractivity contribution in [3.05, 3.63) is 0 Å². The Morgan fingerprint density at radius 2 is 1.71 bits per heavy atom. The first-order valence-corrected chi connectivity index (χ1v) is 8.32. The van der Waals surface area contributed by atoms with Crippen LogP contribution in [-0.4, -0.2) is 30.3 Å². The number of rotatable bonds is 9. The molecule has 21 heavy (non-hydrogen) atoms. The Morgan fingerprint density at radius 3 is 2.19 bits per heavy atom. The highest BCUT2D eigenvalue weighted by Gasteiger charge is 2.28. The third-order valence-electron chi connectivity index (χ3n) is 3.83. The standard InChI is InChI=1S/C17H36N2O2/c1-8-9-10-11-12-19-17(7,14(2)3)13-18-15(20)21-16(4,5)6/h14,19H,8-13H2,1-7H3,(H,18,20). The fourth-order valence-electron chi connectivity index (χ4n) is 1.97. The third kappa shape index (κ3) is 9.72. The molecule has 0 aromatic rings. The molecule has 0 aliphatic rings. The molecule has 0 heterocycles. The lowest BCUT2D eigenvalue weighted by atomic mass is 9.88. The molecule has 0 aliphatic carbocycles. The SMILES string of the molecule is CCCCCCNC(C)(CNC(=O)OC(C)(C)C)C(C)C. The van der Waals surface area contributed by atoms with E-state index in [1.807, 2.05) is 20.8 Å². The molecule has 0 radical (unpaired) electrons. The van der Waals surface area contributed by atoms with Crippen LogP contribution in [0.4, 0.5) is 4.79 Å². The summed E-state index contributed by atoms with van der Waals surface area (Å²) in [6, 6.07) is 0. The Bertz CT molecular complexity index is 298. The predicted octanol–water partition coefficient (Wildman–Crippen LogP) is 4.10.